The summed E-state index contributed by atoms with van der Waals surface area (Å²) in [5.41, 5.74) is -0.814. The second kappa shape index (κ2) is 7.37. The Kier molecular flexibility index (Phi) is 6.29. The van der Waals surface area contributed by atoms with E-state index in [1.54, 1.807) is 0 Å². The van der Waals surface area contributed by atoms with Crippen LogP contribution in [0.5, 0.6) is 5.75 Å². The molecule has 0 spiro atoms. The summed E-state index contributed by atoms with van der Waals surface area (Å²) in [7, 11) is 1.02. The van der Waals surface area contributed by atoms with Crippen molar-refractivity contribution in [2.75, 3.05) is 12.4 Å². The van der Waals surface area contributed by atoms with Crippen LogP contribution in [0, 0.1) is 0 Å². The molecule has 30 heavy (non-hydrogen) atoms. The Hall–Kier alpha value is -2.42. The van der Waals surface area contributed by atoms with E-state index in [9.17, 15) is 61.9 Å². The number of benzene rings is 1. The number of carbonyl (C=O) groups excluding carboxylic acids is 1. The number of anilines is 1. The summed E-state index contributed by atoms with van der Waals surface area (Å²) in [6, 6.07) is 3.50. The fourth-order valence-electron chi connectivity index (χ4n) is 1.82. The van der Waals surface area contributed by atoms with Gasteiger partial charge in [-0.1, -0.05) is 6.07 Å². The van der Waals surface area contributed by atoms with E-state index in [4.69, 9.17) is 0 Å². The summed E-state index contributed by atoms with van der Waals surface area (Å²) in [4.78, 5) is 11.3. The SMILES string of the molecule is COc1cccc(NC(=O)C(F)(F)C(F)(F)C(F)(F)C(F)(F)C(F)(F)C(F)(F)F)c1. The summed E-state index contributed by atoms with van der Waals surface area (Å²) < 4.78 is 173. The molecule has 0 aliphatic heterocycles. The second-order valence-electron chi connectivity index (χ2n) is 5.56. The van der Waals surface area contributed by atoms with Gasteiger partial charge in [0.05, 0.1) is 7.11 Å². The number of alkyl halides is 13. The van der Waals surface area contributed by atoms with E-state index >= 15 is 0 Å². The normalized spacial score (nSPS) is 14.5. The standard InChI is InChI=1S/C14H8F13NO2/c1-30-7-4-2-3-6(5-7)28-8(29)9(15,16)10(17,18)11(19,20)12(21,22)13(23,24)14(25,26)27/h2-5H,1H3,(H,28,29). The van der Waals surface area contributed by atoms with E-state index in [0.717, 1.165) is 30.6 Å². The van der Waals surface area contributed by atoms with Crippen molar-refractivity contribution in [1.82, 2.24) is 0 Å². The minimum Gasteiger partial charge on any atom is -0.497 e. The fourth-order valence-corrected chi connectivity index (χ4v) is 1.82. The molecule has 0 saturated carbocycles. The van der Waals surface area contributed by atoms with Gasteiger partial charge >= 0.3 is 41.7 Å². The van der Waals surface area contributed by atoms with Gasteiger partial charge in [-0.05, 0) is 12.1 Å². The van der Waals surface area contributed by atoms with E-state index in [1.807, 2.05) is 0 Å². The zero-order chi connectivity index (χ0) is 24.0. The molecule has 1 aromatic carbocycles. The Balaban J connectivity index is 3.38. The van der Waals surface area contributed by atoms with Crippen LogP contribution in [-0.2, 0) is 4.79 Å². The van der Waals surface area contributed by atoms with Crippen LogP contribution in [0.25, 0.3) is 0 Å². The number of rotatable bonds is 7. The molecule has 0 aromatic heterocycles. The lowest BCUT2D eigenvalue weighted by molar-refractivity contribution is -0.435. The first-order valence-electron chi connectivity index (χ1n) is 7.09. The molecule has 1 aromatic rings. The third kappa shape index (κ3) is 3.71. The highest BCUT2D eigenvalue weighted by Crippen LogP contribution is 2.60. The Bertz CT molecular complexity index is 788. The van der Waals surface area contributed by atoms with Gasteiger partial charge in [0.2, 0.25) is 0 Å². The highest BCUT2D eigenvalue weighted by Gasteiger charge is 2.91. The molecule has 0 saturated heterocycles. The average Bonchev–Trinajstić information content (AvgIpc) is 2.60. The van der Waals surface area contributed by atoms with E-state index in [2.05, 4.69) is 4.74 Å². The van der Waals surface area contributed by atoms with Gasteiger partial charge in [-0.25, -0.2) is 0 Å². The highest BCUT2D eigenvalue weighted by molar-refractivity contribution is 5.97. The topological polar surface area (TPSA) is 38.3 Å². The Morgan fingerprint density at radius 3 is 1.67 bits per heavy atom. The first-order chi connectivity index (χ1) is 13.2. The largest absolute Gasteiger partial charge is 0.497 e. The predicted molar refractivity (Wildman–Crippen MR) is 72.4 cm³/mol. The molecule has 0 heterocycles. The Morgan fingerprint density at radius 1 is 0.767 bits per heavy atom. The quantitative estimate of drug-likeness (QED) is 0.546. The number of hydrogen-bond acceptors (Lipinski definition) is 2. The lowest BCUT2D eigenvalue weighted by Crippen LogP contribution is -2.71. The summed E-state index contributed by atoms with van der Waals surface area (Å²) in [5, 5.41) is 0.919. The lowest BCUT2D eigenvalue weighted by atomic mass is 9.93. The molecule has 0 bridgehead atoms. The van der Waals surface area contributed by atoms with Gasteiger partial charge in [-0.2, -0.15) is 57.1 Å². The number of ether oxygens (including phenoxy) is 1. The van der Waals surface area contributed by atoms with Gasteiger partial charge in [0.25, 0.3) is 0 Å². The van der Waals surface area contributed by atoms with Crippen molar-refractivity contribution in [3.8, 4) is 5.75 Å². The fraction of sp³-hybridized carbons (Fsp3) is 0.500. The van der Waals surface area contributed by atoms with Crippen molar-refractivity contribution in [1.29, 1.82) is 0 Å². The summed E-state index contributed by atoms with van der Waals surface area (Å²) in [5.74, 6) is -42.1. The van der Waals surface area contributed by atoms with Crippen LogP contribution in [0.4, 0.5) is 62.8 Å². The molecular weight excluding hydrogens is 461 g/mol. The van der Waals surface area contributed by atoms with Crippen molar-refractivity contribution >= 4 is 11.6 Å². The van der Waals surface area contributed by atoms with Crippen molar-refractivity contribution in [2.24, 2.45) is 0 Å². The number of carbonyl (C=O) groups is 1. The molecule has 0 aliphatic rings. The molecule has 0 unspecified atom stereocenters. The molecule has 1 N–H and O–H groups in total. The van der Waals surface area contributed by atoms with E-state index in [1.165, 1.54) is 0 Å². The Morgan fingerprint density at radius 2 is 1.23 bits per heavy atom. The predicted octanol–water partition coefficient (Wildman–Crippen LogP) is 5.37. The summed E-state index contributed by atoms with van der Waals surface area (Å²) >= 11 is 0. The zero-order valence-corrected chi connectivity index (χ0v) is 14.0. The van der Waals surface area contributed by atoms with Crippen LogP contribution < -0.4 is 10.1 Å². The maximum atomic E-state index is 13.6. The van der Waals surface area contributed by atoms with Crippen molar-refractivity contribution in [2.45, 2.75) is 35.8 Å². The van der Waals surface area contributed by atoms with Crippen LogP contribution in [0.15, 0.2) is 24.3 Å². The van der Waals surface area contributed by atoms with Gasteiger partial charge in [0.15, 0.2) is 0 Å². The van der Waals surface area contributed by atoms with Crippen molar-refractivity contribution in [3.63, 3.8) is 0 Å². The molecule has 0 atom stereocenters. The smallest absolute Gasteiger partial charge is 0.460 e. The third-order valence-electron chi connectivity index (χ3n) is 3.55. The number of methoxy groups -OCH3 is 1. The monoisotopic (exact) mass is 469 g/mol. The first-order valence-corrected chi connectivity index (χ1v) is 7.09. The summed E-state index contributed by atoms with van der Waals surface area (Å²) in [6.07, 6.45) is -7.52. The van der Waals surface area contributed by atoms with Crippen molar-refractivity contribution in [3.05, 3.63) is 24.3 Å². The number of nitrogens with one attached hydrogen (secondary N) is 1. The van der Waals surface area contributed by atoms with Gasteiger partial charge in [-0.3, -0.25) is 4.79 Å². The van der Waals surface area contributed by atoms with Crippen LogP contribution in [-0.4, -0.2) is 48.8 Å². The van der Waals surface area contributed by atoms with Gasteiger partial charge in [-0.15, -0.1) is 0 Å². The molecule has 0 fully saturated rings. The molecule has 1 rings (SSSR count). The van der Waals surface area contributed by atoms with Crippen LogP contribution in [0.3, 0.4) is 0 Å². The van der Waals surface area contributed by atoms with E-state index < -0.39 is 47.4 Å². The molecule has 0 radical (unpaired) electrons. The average molecular weight is 469 g/mol. The van der Waals surface area contributed by atoms with E-state index in [-0.39, 0.29) is 5.75 Å². The van der Waals surface area contributed by atoms with Crippen LogP contribution >= 0.6 is 0 Å². The molecule has 1 amide bonds. The maximum Gasteiger partial charge on any atom is 0.460 e. The minimum absolute atomic E-state index is 0.190. The van der Waals surface area contributed by atoms with Crippen LogP contribution in [0.1, 0.15) is 0 Å². The second-order valence-corrected chi connectivity index (χ2v) is 5.56. The molecule has 3 nitrogen and oxygen atoms in total. The Labute approximate surface area is 157 Å². The van der Waals surface area contributed by atoms with Crippen molar-refractivity contribution < 1.29 is 66.6 Å². The maximum absolute atomic E-state index is 13.6. The highest BCUT2D eigenvalue weighted by atomic mass is 19.4. The number of halogens is 13. The zero-order valence-electron chi connectivity index (χ0n) is 14.0. The third-order valence-corrected chi connectivity index (χ3v) is 3.55. The minimum atomic E-state index is -8.07. The first kappa shape index (κ1) is 25.6. The number of hydrogen-bond donors (Lipinski definition) is 1. The van der Waals surface area contributed by atoms with Gasteiger partial charge in [0, 0.05) is 11.8 Å². The molecular formula is C14H8F13NO2. The van der Waals surface area contributed by atoms with Gasteiger partial charge < -0.3 is 10.1 Å². The molecule has 16 heteroatoms. The van der Waals surface area contributed by atoms with Crippen LogP contribution in [0.2, 0.25) is 0 Å². The number of amides is 1. The lowest BCUT2D eigenvalue weighted by Gasteiger charge is -2.39. The van der Waals surface area contributed by atoms with E-state index in [0.29, 0.717) is 6.07 Å². The molecule has 172 valence electrons. The molecule has 0 aliphatic carbocycles. The summed E-state index contributed by atoms with van der Waals surface area (Å²) in [6.45, 7) is 0. The van der Waals surface area contributed by atoms with Gasteiger partial charge in [0.1, 0.15) is 5.75 Å².